The molecule has 26 heavy (non-hydrogen) atoms. The van der Waals surface area contributed by atoms with Crippen molar-refractivity contribution < 1.29 is 24.2 Å². The minimum absolute atomic E-state index is 0.132. The van der Waals surface area contributed by atoms with Crippen LogP contribution in [0.15, 0.2) is 42.5 Å². The number of rotatable bonds is 4. The van der Waals surface area contributed by atoms with Gasteiger partial charge in [-0.3, -0.25) is 9.59 Å². The third kappa shape index (κ3) is 3.78. The fourth-order valence-electron chi connectivity index (χ4n) is 2.56. The lowest BCUT2D eigenvalue weighted by Crippen LogP contribution is -2.43. The second kappa shape index (κ2) is 7.05. The molecule has 1 aliphatic heterocycles. The van der Waals surface area contributed by atoms with Crippen molar-refractivity contribution in [2.24, 2.45) is 0 Å². The van der Waals surface area contributed by atoms with E-state index in [1.165, 1.54) is 0 Å². The van der Waals surface area contributed by atoms with E-state index in [1.807, 2.05) is 19.1 Å². The molecule has 3 rings (SSSR count). The summed E-state index contributed by atoms with van der Waals surface area (Å²) >= 11 is 0. The average Bonchev–Trinajstić information content (AvgIpc) is 3.09. The van der Waals surface area contributed by atoms with Gasteiger partial charge >= 0.3 is 11.8 Å². The molecule has 7 heteroatoms. The number of aliphatic hydroxyl groups is 1. The highest BCUT2D eigenvalue weighted by Crippen LogP contribution is 2.35. The van der Waals surface area contributed by atoms with Gasteiger partial charge in [-0.2, -0.15) is 0 Å². The number of aryl methyl sites for hydroxylation is 1. The fraction of sp³-hybridized carbons (Fsp3) is 0.263. The molecule has 2 aromatic rings. The number of nitrogens with one attached hydrogen (secondary N) is 2. The van der Waals surface area contributed by atoms with Crippen molar-refractivity contribution >= 4 is 17.5 Å². The summed E-state index contributed by atoms with van der Waals surface area (Å²) in [6.45, 7) is 3.38. The standard InChI is InChI=1S/C19H20N2O5/c1-12-5-3-4-6-14(12)21-18(23)17(22)20-10-19(2,24)13-7-8-15-16(9-13)26-11-25-15/h3-9,24H,10-11H2,1-2H3,(H,20,22)(H,21,23). The van der Waals surface area contributed by atoms with Crippen molar-refractivity contribution in [2.45, 2.75) is 19.4 Å². The van der Waals surface area contributed by atoms with Crippen LogP contribution < -0.4 is 20.1 Å². The van der Waals surface area contributed by atoms with Crippen LogP contribution in [-0.4, -0.2) is 30.3 Å². The molecule has 1 atom stereocenters. The number of amides is 2. The largest absolute Gasteiger partial charge is 0.454 e. The zero-order valence-electron chi connectivity index (χ0n) is 14.5. The number of anilines is 1. The molecule has 0 aromatic heterocycles. The molecule has 1 unspecified atom stereocenters. The quantitative estimate of drug-likeness (QED) is 0.725. The van der Waals surface area contributed by atoms with Crippen LogP contribution in [0.4, 0.5) is 5.69 Å². The van der Waals surface area contributed by atoms with Crippen molar-refractivity contribution in [3.8, 4) is 11.5 Å². The number of hydrogen-bond donors (Lipinski definition) is 3. The lowest BCUT2D eigenvalue weighted by Gasteiger charge is -2.24. The molecule has 0 radical (unpaired) electrons. The average molecular weight is 356 g/mol. The molecule has 2 aromatic carbocycles. The van der Waals surface area contributed by atoms with Crippen LogP contribution in [0.25, 0.3) is 0 Å². The molecule has 0 saturated heterocycles. The highest BCUT2D eigenvalue weighted by molar-refractivity contribution is 6.39. The smallest absolute Gasteiger partial charge is 0.313 e. The molecular formula is C19H20N2O5. The van der Waals surface area contributed by atoms with Crippen LogP contribution in [0.1, 0.15) is 18.1 Å². The Morgan fingerprint density at radius 1 is 1.12 bits per heavy atom. The SMILES string of the molecule is Cc1ccccc1NC(=O)C(=O)NCC(C)(O)c1ccc2c(c1)OCO2. The number of fused-ring (bicyclic) bond motifs is 1. The first-order valence-corrected chi connectivity index (χ1v) is 8.14. The number of benzene rings is 2. The van der Waals surface area contributed by atoms with E-state index in [0.717, 1.165) is 5.56 Å². The Bertz CT molecular complexity index is 848. The summed E-state index contributed by atoms with van der Waals surface area (Å²) in [4.78, 5) is 24.1. The van der Waals surface area contributed by atoms with Gasteiger partial charge in [0.05, 0.1) is 6.54 Å². The minimum Gasteiger partial charge on any atom is -0.454 e. The van der Waals surface area contributed by atoms with Gasteiger partial charge in [-0.05, 0) is 43.2 Å². The summed E-state index contributed by atoms with van der Waals surface area (Å²) in [5.74, 6) is -0.479. The van der Waals surface area contributed by atoms with Crippen molar-refractivity contribution in [2.75, 3.05) is 18.7 Å². The van der Waals surface area contributed by atoms with Gasteiger partial charge < -0.3 is 25.2 Å². The number of hydrogen-bond acceptors (Lipinski definition) is 5. The van der Waals surface area contributed by atoms with Crippen LogP contribution in [0.2, 0.25) is 0 Å². The fourth-order valence-corrected chi connectivity index (χ4v) is 2.56. The molecule has 0 saturated carbocycles. The topological polar surface area (TPSA) is 96.9 Å². The lowest BCUT2D eigenvalue weighted by molar-refractivity contribution is -0.136. The Labute approximate surface area is 150 Å². The third-order valence-electron chi connectivity index (χ3n) is 4.19. The molecule has 3 N–H and O–H groups in total. The minimum atomic E-state index is -1.38. The van der Waals surface area contributed by atoms with Crippen LogP contribution in [0.5, 0.6) is 11.5 Å². The number of ether oxygens (including phenoxy) is 2. The van der Waals surface area contributed by atoms with Gasteiger partial charge in [-0.15, -0.1) is 0 Å². The van der Waals surface area contributed by atoms with Crippen molar-refractivity contribution in [1.29, 1.82) is 0 Å². The van der Waals surface area contributed by atoms with Gasteiger partial charge in [0.15, 0.2) is 11.5 Å². The van der Waals surface area contributed by atoms with Gasteiger partial charge in [0.2, 0.25) is 6.79 Å². The number of para-hydroxylation sites is 1. The van der Waals surface area contributed by atoms with Crippen molar-refractivity contribution in [1.82, 2.24) is 5.32 Å². The highest BCUT2D eigenvalue weighted by atomic mass is 16.7. The van der Waals surface area contributed by atoms with E-state index in [-0.39, 0.29) is 13.3 Å². The zero-order valence-corrected chi connectivity index (χ0v) is 14.5. The second-order valence-electron chi connectivity index (χ2n) is 6.29. The summed E-state index contributed by atoms with van der Waals surface area (Å²) in [5.41, 5.74) is 0.581. The van der Waals surface area contributed by atoms with Gasteiger partial charge in [0.25, 0.3) is 0 Å². The molecule has 136 valence electrons. The van der Waals surface area contributed by atoms with E-state index in [4.69, 9.17) is 9.47 Å². The van der Waals surface area contributed by atoms with E-state index >= 15 is 0 Å². The second-order valence-corrected chi connectivity index (χ2v) is 6.29. The molecule has 1 aliphatic rings. The molecule has 7 nitrogen and oxygen atoms in total. The van der Waals surface area contributed by atoms with Crippen LogP contribution in [0, 0.1) is 6.92 Å². The van der Waals surface area contributed by atoms with Crippen molar-refractivity contribution in [3.63, 3.8) is 0 Å². The number of carbonyl (C=O) groups excluding carboxylic acids is 2. The molecule has 0 bridgehead atoms. The van der Waals surface area contributed by atoms with Crippen LogP contribution in [0.3, 0.4) is 0 Å². The molecule has 0 spiro atoms. The predicted octanol–water partition coefficient (Wildman–Crippen LogP) is 1.69. The summed E-state index contributed by atoms with van der Waals surface area (Å²) in [6.07, 6.45) is 0. The van der Waals surface area contributed by atoms with Gasteiger partial charge in [0, 0.05) is 5.69 Å². The molecular weight excluding hydrogens is 336 g/mol. The lowest BCUT2D eigenvalue weighted by atomic mass is 9.95. The van der Waals surface area contributed by atoms with E-state index in [1.54, 1.807) is 37.3 Å². The molecule has 2 amide bonds. The van der Waals surface area contributed by atoms with Gasteiger partial charge in [0.1, 0.15) is 5.60 Å². The monoisotopic (exact) mass is 356 g/mol. The van der Waals surface area contributed by atoms with Gasteiger partial charge in [-0.1, -0.05) is 24.3 Å². The maximum Gasteiger partial charge on any atom is 0.313 e. The zero-order chi connectivity index (χ0) is 18.7. The van der Waals surface area contributed by atoms with Gasteiger partial charge in [-0.25, -0.2) is 0 Å². The summed E-state index contributed by atoms with van der Waals surface area (Å²) in [7, 11) is 0. The Morgan fingerprint density at radius 3 is 2.62 bits per heavy atom. The van der Waals surface area contributed by atoms with E-state index in [0.29, 0.717) is 22.7 Å². The first kappa shape index (κ1) is 17.8. The predicted molar refractivity (Wildman–Crippen MR) is 95.0 cm³/mol. The first-order chi connectivity index (χ1) is 12.4. The number of carbonyl (C=O) groups is 2. The Balaban J connectivity index is 1.61. The molecule has 0 fully saturated rings. The van der Waals surface area contributed by atoms with Crippen LogP contribution >= 0.6 is 0 Å². The highest BCUT2D eigenvalue weighted by Gasteiger charge is 2.27. The van der Waals surface area contributed by atoms with Crippen molar-refractivity contribution in [3.05, 3.63) is 53.6 Å². The maximum absolute atomic E-state index is 12.0. The Hall–Kier alpha value is -3.06. The van der Waals surface area contributed by atoms with E-state index in [9.17, 15) is 14.7 Å². The summed E-state index contributed by atoms with van der Waals surface area (Å²) < 4.78 is 10.5. The maximum atomic E-state index is 12.0. The summed E-state index contributed by atoms with van der Waals surface area (Å²) in [5, 5.41) is 15.6. The Morgan fingerprint density at radius 2 is 1.85 bits per heavy atom. The van der Waals surface area contributed by atoms with Crippen LogP contribution in [-0.2, 0) is 15.2 Å². The van der Waals surface area contributed by atoms with E-state index < -0.39 is 17.4 Å². The summed E-state index contributed by atoms with van der Waals surface area (Å²) in [6, 6.07) is 12.2. The first-order valence-electron chi connectivity index (χ1n) is 8.14. The normalized spacial score (nSPS) is 14.4. The van der Waals surface area contributed by atoms with E-state index in [2.05, 4.69) is 10.6 Å². The molecule has 1 heterocycles. The third-order valence-corrected chi connectivity index (χ3v) is 4.19. The molecule has 0 aliphatic carbocycles. The Kier molecular flexibility index (Phi) is 4.81.